The van der Waals surface area contributed by atoms with Gasteiger partial charge < -0.3 is 25.0 Å². The normalized spacial score (nSPS) is 25.5. The van der Waals surface area contributed by atoms with Crippen LogP contribution in [0.5, 0.6) is 11.5 Å². The lowest BCUT2D eigenvalue weighted by atomic mass is 9.65. The van der Waals surface area contributed by atoms with E-state index < -0.39 is 0 Å². The Bertz CT molecular complexity index is 947. The average molecular weight is 424 g/mol. The number of amides is 2. The molecule has 6 heteroatoms. The van der Waals surface area contributed by atoms with Crippen molar-refractivity contribution < 1.29 is 14.3 Å². The predicted molar refractivity (Wildman–Crippen MR) is 123 cm³/mol. The maximum Gasteiger partial charge on any atom is 0.319 e. The number of anilines is 1. The molecule has 31 heavy (non-hydrogen) atoms. The van der Waals surface area contributed by atoms with Gasteiger partial charge in [0.2, 0.25) is 0 Å². The van der Waals surface area contributed by atoms with Crippen LogP contribution in [0.4, 0.5) is 10.5 Å². The summed E-state index contributed by atoms with van der Waals surface area (Å²) in [6, 6.07) is 14.6. The fraction of sp³-hybridized carbons (Fsp3) is 0.480. The number of nitrogens with zero attached hydrogens (tertiary/aromatic N) is 1. The Labute approximate surface area is 184 Å². The molecule has 1 aliphatic carbocycles. The molecule has 2 aliphatic rings. The Morgan fingerprint density at radius 1 is 1.10 bits per heavy atom. The molecule has 2 aromatic carbocycles. The Morgan fingerprint density at radius 3 is 2.61 bits per heavy atom. The number of hydrogen-bond acceptors (Lipinski definition) is 4. The minimum Gasteiger partial charge on any atom is -0.493 e. The highest BCUT2D eigenvalue weighted by atomic mass is 16.5. The van der Waals surface area contributed by atoms with Gasteiger partial charge in [-0.25, -0.2) is 4.79 Å². The topological polar surface area (TPSA) is 62.8 Å². The first kappa shape index (κ1) is 21.5. The first-order chi connectivity index (χ1) is 15.0. The number of fused-ring (bicyclic) bond motifs is 1. The number of benzene rings is 2. The van der Waals surface area contributed by atoms with Crippen LogP contribution in [0.3, 0.4) is 0 Å². The monoisotopic (exact) mass is 423 g/mol. The molecule has 3 atom stereocenters. The standard InChI is InChI=1S/C25H33N3O3/c1-17-7-5-6-8-20(17)27-24(29)26-19-11-12-25(13-14-28(2)23(25)16-19)18-9-10-21(30-3)22(15-18)31-4/h5-10,15,19,23H,11-14,16H2,1-4H3,(H2,26,27,29)/t19-,23+,25+/m1/s1. The van der Waals surface area contributed by atoms with Crippen molar-refractivity contribution >= 4 is 11.7 Å². The maximum atomic E-state index is 12.6. The van der Waals surface area contributed by atoms with E-state index >= 15 is 0 Å². The smallest absolute Gasteiger partial charge is 0.319 e. The summed E-state index contributed by atoms with van der Waals surface area (Å²) in [6.07, 6.45) is 4.05. The zero-order chi connectivity index (χ0) is 22.0. The quantitative estimate of drug-likeness (QED) is 0.752. The van der Waals surface area contributed by atoms with Crippen LogP contribution in [0.1, 0.15) is 36.8 Å². The zero-order valence-corrected chi connectivity index (χ0v) is 18.9. The van der Waals surface area contributed by atoms with Crippen LogP contribution in [-0.4, -0.2) is 50.8 Å². The molecular weight excluding hydrogens is 390 g/mol. The number of likely N-dealkylation sites (tertiary alicyclic amines) is 1. The highest BCUT2D eigenvalue weighted by Gasteiger charge is 2.50. The molecule has 0 spiro atoms. The molecule has 1 saturated heterocycles. The van der Waals surface area contributed by atoms with Crippen molar-refractivity contribution in [3.8, 4) is 11.5 Å². The summed E-state index contributed by atoms with van der Waals surface area (Å²) in [5.41, 5.74) is 3.30. The highest BCUT2D eigenvalue weighted by molar-refractivity contribution is 5.90. The molecule has 0 bridgehead atoms. The number of ether oxygens (including phenoxy) is 2. The number of nitrogens with one attached hydrogen (secondary N) is 2. The van der Waals surface area contributed by atoms with E-state index in [4.69, 9.17) is 9.47 Å². The number of methoxy groups -OCH3 is 2. The molecule has 0 unspecified atom stereocenters. The number of urea groups is 1. The van der Waals surface area contributed by atoms with Crippen molar-refractivity contribution in [1.29, 1.82) is 0 Å². The molecule has 4 rings (SSSR count). The van der Waals surface area contributed by atoms with Gasteiger partial charge in [0.1, 0.15) is 0 Å². The minimum absolute atomic E-state index is 0.0823. The van der Waals surface area contributed by atoms with Crippen LogP contribution < -0.4 is 20.1 Å². The van der Waals surface area contributed by atoms with Gasteiger partial charge in [-0.3, -0.25) is 0 Å². The third kappa shape index (κ3) is 4.09. The number of para-hydroxylation sites is 1. The number of aryl methyl sites for hydroxylation is 1. The van der Waals surface area contributed by atoms with E-state index in [0.29, 0.717) is 6.04 Å². The Kier molecular flexibility index (Phi) is 6.10. The van der Waals surface area contributed by atoms with Gasteiger partial charge in [0.15, 0.2) is 11.5 Å². The SMILES string of the molecule is COc1ccc([C@@]23CC[C@@H](NC(=O)Nc4ccccc4C)C[C@@H]2N(C)CC3)cc1OC. The number of rotatable bonds is 5. The van der Waals surface area contributed by atoms with Gasteiger partial charge >= 0.3 is 6.03 Å². The van der Waals surface area contributed by atoms with Crippen molar-refractivity contribution in [2.45, 2.75) is 50.1 Å². The third-order valence-corrected chi connectivity index (χ3v) is 7.21. The van der Waals surface area contributed by atoms with E-state index in [1.54, 1.807) is 14.2 Å². The van der Waals surface area contributed by atoms with E-state index in [9.17, 15) is 4.79 Å². The summed E-state index contributed by atoms with van der Waals surface area (Å²) in [7, 11) is 5.55. The van der Waals surface area contributed by atoms with Gasteiger partial charge in [-0.1, -0.05) is 24.3 Å². The number of likely N-dealkylation sites (N-methyl/N-ethyl adjacent to an activating group) is 1. The number of hydrogen-bond donors (Lipinski definition) is 2. The molecule has 166 valence electrons. The van der Waals surface area contributed by atoms with Crippen molar-refractivity contribution in [2.24, 2.45) is 0 Å². The van der Waals surface area contributed by atoms with E-state index in [0.717, 1.165) is 55.0 Å². The summed E-state index contributed by atoms with van der Waals surface area (Å²) in [6.45, 7) is 3.06. The first-order valence-electron chi connectivity index (χ1n) is 11.0. The highest BCUT2D eigenvalue weighted by Crippen LogP contribution is 2.49. The molecule has 6 nitrogen and oxygen atoms in total. The van der Waals surface area contributed by atoms with Crippen LogP contribution in [0.15, 0.2) is 42.5 Å². The molecule has 0 radical (unpaired) electrons. The third-order valence-electron chi connectivity index (χ3n) is 7.21. The molecule has 2 amide bonds. The van der Waals surface area contributed by atoms with E-state index in [2.05, 4.69) is 34.7 Å². The summed E-state index contributed by atoms with van der Waals surface area (Å²) in [5, 5.41) is 6.22. The summed E-state index contributed by atoms with van der Waals surface area (Å²) >= 11 is 0. The van der Waals surface area contributed by atoms with Crippen molar-refractivity contribution in [3.05, 3.63) is 53.6 Å². The van der Waals surface area contributed by atoms with Crippen LogP contribution in [-0.2, 0) is 5.41 Å². The van der Waals surface area contributed by atoms with Gasteiger partial charge in [0.25, 0.3) is 0 Å². The van der Waals surface area contributed by atoms with Crippen LogP contribution in [0, 0.1) is 6.92 Å². The lowest BCUT2D eigenvalue weighted by Crippen LogP contribution is -2.52. The largest absolute Gasteiger partial charge is 0.493 e. The molecule has 2 fully saturated rings. The second-order valence-corrected chi connectivity index (χ2v) is 8.86. The van der Waals surface area contributed by atoms with Crippen molar-refractivity contribution in [2.75, 3.05) is 33.1 Å². The molecule has 0 aromatic heterocycles. The molecule has 1 heterocycles. The summed E-state index contributed by atoms with van der Waals surface area (Å²) in [5.74, 6) is 1.54. The molecule has 2 N–H and O–H groups in total. The lowest BCUT2D eigenvalue weighted by molar-refractivity contribution is 0.156. The summed E-state index contributed by atoms with van der Waals surface area (Å²) in [4.78, 5) is 15.1. The fourth-order valence-electron chi connectivity index (χ4n) is 5.45. The lowest BCUT2D eigenvalue weighted by Gasteiger charge is -2.45. The first-order valence-corrected chi connectivity index (χ1v) is 11.0. The van der Waals surface area contributed by atoms with Crippen LogP contribution in [0.25, 0.3) is 0 Å². The number of carbonyl (C=O) groups is 1. The molecule has 1 aliphatic heterocycles. The van der Waals surface area contributed by atoms with Gasteiger partial charge in [-0.15, -0.1) is 0 Å². The van der Waals surface area contributed by atoms with Crippen molar-refractivity contribution in [1.82, 2.24) is 10.2 Å². The molecule has 2 aromatic rings. The summed E-state index contributed by atoms with van der Waals surface area (Å²) < 4.78 is 11.0. The Hall–Kier alpha value is -2.73. The maximum absolute atomic E-state index is 12.6. The predicted octanol–water partition coefficient (Wildman–Crippen LogP) is 4.33. The van der Waals surface area contributed by atoms with Crippen LogP contribution in [0.2, 0.25) is 0 Å². The van der Waals surface area contributed by atoms with Gasteiger partial charge in [0.05, 0.1) is 14.2 Å². The minimum atomic E-state index is -0.126. The average Bonchev–Trinajstić information content (AvgIpc) is 3.12. The zero-order valence-electron chi connectivity index (χ0n) is 18.9. The van der Waals surface area contributed by atoms with E-state index in [1.165, 1.54) is 5.56 Å². The van der Waals surface area contributed by atoms with Gasteiger partial charge in [0, 0.05) is 23.2 Å². The molecular formula is C25H33N3O3. The second-order valence-electron chi connectivity index (χ2n) is 8.86. The Morgan fingerprint density at radius 2 is 1.87 bits per heavy atom. The molecule has 1 saturated carbocycles. The van der Waals surface area contributed by atoms with E-state index in [-0.39, 0.29) is 17.5 Å². The van der Waals surface area contributed by atoms with Crippen molar-refractivity contribution in [3.63, 3.8) is 0 Å². The fourth-order valence-corrected chi connectivity index (χ4v) is 5.45. The second kappa shape index (κ2) is 8.79. The van der Waals surface area contributed by atoms with Gasteiger partial charge in [-0.2, -0.15) is 0 Å². The van der Waals surface area contributed by atoms with E-state index in [1.807, 2.05) is 37.3 Å². The Balaban J connectivity index is 1.49. The number of carbonyl (C=O) groups excluding carboxylic acids is 1. The van der Waals surface area contributed by atoms with Gasteiger partial charge in [-0.05, 0) is 75.5 Å². The van der Waals surface area contributed by atoms with Crippen LogP contribution >= 0.6 is 0 Å².